The van der Waals surface area contributed by atoms with Gasteiger partial charge >= 0.3 is 0 Å². The monoisotopic (exact) mass is 222 g/mol. The van der Waals surface area contributed by atoms with Crippen LogP contribution >= 0.6 is 0 Å². The van der Waals surface area contributed by atoms with Crippen LogP contribution in [-0.2, 0) is 0 Å². The Kier molecular flexibility index (Phi) is 3.06. The largest absolute Gasteiger partial charge is 0.497 e. The highest BCUT2D eigenvalue weighted by Gasteiger charge is 2.43. The summed E-state index contributed by atoms with van der Waals surface area (Å²) in [4.78, 5) is 0. The van der Waals surface area contributed by atoms with Gasteiger partial charge in [0.15, 0.2) is 0 Å². The van der Waals surface area contributed by atoms with Crippen LogP contribution in [0.2, 0.25) is 0 Å². The molecule has 1 aromatic rings. The molecule has 1 aliphatic carbocycles. The number of rotatable bonds is 4. The van der Waals surface area contributed by atoms with Crippen molar-refractivity contribution in [2.45, 2.75) is 25.4 Å². The van der Waals surface area contributed by atoms with Crippen molar-refractivity contribution in [1.82, 2.24) is 0 Å². The third-order valence-electron chi connectivity index (χ3n) is 3.30. The first kappa shape index (κ1) is 11.3. The summed E-state index contributed by atoms with van der Waals surface area (Å²) in [6.45, 7) is 1.84. The molecular weight excluding hydrogens is 204 g/mol. The highest BCUT2D eigenvalue weighted by molar-refractivity contribution is 5.45. The molecule has 1 saturated carbocycles. The van der Waals surface area contributed by atoms with Crippen LogP contribution in [0.25, 0.3) is 0 Å². The minimum Gasteiger partial charge on any atom is -0.497 e. The number of benzene rings is 1. The van der Waals surface area contributed by atoms with Crippen molar-refractivity contribution in [1.29, 1.82) is 0 Å². The Morgan fingerprint density at radius 1 is 1.31 bits per heavy atom. The van der Waals surface area contributed by atoms with Crippen LogP contribution in [0.15, 0.2) is 18.2 Å². The Hall–Kier alpha value is -1.22. The van der Waals surface area contributed by atoms with E-state index in [4.69, 9.17) is 9.47 Å². The summed E-state index contributed by atoms with van der Waals surface area (Å²) in [6, 6.07) is 5.82. The lowest BCUT2D eigenvalue weighted by molar-refractivity contribution is 0.168. The highest BCUT2D eigenvalue weighted by atomic mass is 16.5. The van der Waals surface area contributed by atoms with E-state index in [9.17, 15) is 5.11 Å². The van der Waals surface area contributed by atoms with Crippen LogP contribution in [-0.4, -0.2) is 25.4 Å². The molecule has 3 atom stereocenters. The SMILES string of the molecule is COc1ccc(OC)c([C@@H]2C[C@H]2[C@H](C)O)c1. The molecule has 2 rings (SSSR count). The van der Waals surface area contributed by atoms with E-state index < -0.39 is 0 Å². The molecule has 0 unspecified atom stereocenters. The summed E-state index contributed by atoms with van der Waals surface area (Å²) >= 11 is 0. The molecule has 0 saturated heterocycles. The van der Waals surface area contributed by atoms with E-state index in [1.807, 2.05) is 25.1 Å². The van der Waals surface area contributed by atoms with Crippen molar-refractivity contribution in [2.24, 2.45) is 5.92 Å². The second kappa shape index (κ2) is 4.34. The fraction of sp³-hybridized carbons (Fsp3) is 0.538. The summed E-state index contributed by atoms with van der Waals surface area (Å²) in [5, 5.41) is 9.54. The molecule has 3 heteroatoms. The van der Waals surface area contributed by atoms with E-state index in [1.54, 1.807) is 14.2 Å². The summed E-state index contributed by atoms with van der Waals surface area (Å²) < 4.78 is 10.5. The number of aliphatic hydroxyl groups excluding tert-OH is 1. The Balaban J connectivity index is 2.25. The second-order valence-corrected chi connectivity index (χ2v) is 4.35. The maximum Gasteiger partial charge on any atom is 0.122 e. The standard InChI is InChI=1S/C13H18O3/c1-8(14)10-7-11(10)12-6-9(15-2)4-5-13(12)16-3/h4-6,8,10-11,14H,7H2,1-3H3/t8-,10-,11+/m0/s1. The van der Waals surface area contributed by atoms with Crippen LogP contribution in [0, 0.1) is 5.92 Å². The summed E-state index contributed by atoms with van der Waals surface area (Å²) in [7, 11) is 3.33. The second-order valence-electron chi connectivity index (χ2n) is 4.35. The van der Waals surface area contributed by atoms with Crippen molar-refractivity contribution in [3.63, 3.8) is 0 Å². The molecule has 1 aliphatic rings. The van der Waals surface area contributed by atoms with E-state index in [2.05, 4.69) is 0 Å². The molecule has 16 heavy (non-hydrogen) atoms. The van der Waals surface area contributed by atoms with Crippen LogP contribution in [0.1, 0.15) is 24.8 Å². The van der Waals surface area contributed by atoms with Crippen LogP contribution in [0.3, 0.4) is 0 Å². The van der Waals surface area contributed by atoms with Gasteiger partial charge in [-0.15, -0.1) is 0 Å². The molecule has 0 radical (unpaired) electrons. The fourth-order valence-electron chi connectivity index (χ4n) is 2.23. The van der Waals surface area contributed by atoms with Crippen molar-refractivity contribution in [3.05, 3.63) is 23.8 Å². The predicted octanol–water partition coefficient (Wildman–Crippen LogP) is 2.19. The Labute approximate surface area is 96.0 Å². The molecule has 88 valence electrons. The maximum atomic E-state index is 9.54. The molecule has 0 heterocycles. The number of aliphatic hydroxyl groups is 1. The Bertz CT molecular complexity index is 373. The highest BCUT2D eigenvalue weighted by Crippen LogP contribution is 2.52. The fourth-order valence-corrected chi connectivity index (χ4v) is 2.23. The topological polar surface area (TPSA) is 38.7 Å². The van der Waals surface area contributed by atoms with Crippen molar-refractivity contribution in [2.75, 3.05) is 14.2 Å². The first-order valence-corrected chi connectivity index (χ1v) is 5.57. The lowest BCUT2D eigenvalue weighted by Gasteiger charge is -2.11. The lowest BCUT2D eigenvalue weighted by atomic mass is 10.1. The van der Waals surface area contributed by atoms with Crippen LogP contribution < -0.4 is 9.47 Å². The Morgan fingerprint density at radius 3 is 2.56 bits per heavy atom. The normalized spacial score (nSPS) is 25.0. The van der Waals surface area contributed by atoms with Crippen molar-refractivity contribution < 1.29 is 14.6 Å². The number of hydrogen-bond acceptors (Lipinski definition) is 3. The maximum absolute atomic E-state index is 9.54. The zero-order chi connectivity index (χ0) is 11.7. The zero-order valence-corrected chi connectivity index (χ0v) is 9.93. The van der Waals surface area contributed by atoms with Gasteiger partial charge in [-0.3, -0.25) is 0 Å². The minimum atomic E-state index is -0.249. The van der Waals surface area contributed by atoms with Gasteiger partial charge in [0.1, 0.15) is 11.5 Å². The van der Waals surface area contributed by atoms with Gasteiger partial charge in [-0.25, -0.2) is 0 Å². The number of ether oxygens (including phenoxy) is 2. The average molecular weight is 222 g/mol. The van der Waals surface area contributed by atoms with Crippen LogP contribution in [0.5, 0.6) is 11.5 Å². The van der Waals surface area contributed by atoms with Gasteiger partial charge in [0.05, 0.1) is 20.3 Å². The van der Waals surface area contributed by atoms with E-state index in [0.717, 1.165) is 23.5 Å². The van der Waals surface area contributed by atoms with Gasteiger partial charge in [0.25, 0.3) is 0 Å². The molecule has 1 aromatic carbocycles. The first-order chi connectivity index (χ1) is 7.67. The molecule has 0 bridgehead atoms. The molecule has 1 N–H and O–H groups in total. The summed E-state index contributed by atoms with van der Waals surface area (Å²) in [6.07, 6.45) is 0.780. The Morgan fingerprint density at radius 2 is 2.06 bits per heavy atom. The molecule has 0 spiro atoms. The number of methoxy groups -OCH3 is 2. The zero-order valence-electron chi connectivity index (χ0n) is 9.93. The van der Waals surface area contributed by atoms with Gasteiger partial charge < -0.3 is 14.6 Å². The first-order valence-electron chi connectivity index (χ1n) is 5.57. The van der Waals surface area contributed by atoms with E-state index in [1.165, 1.54) is 0 Å². The molecular formula is C13H18O3. The van der Waals surface area contributed by atoms with Gasteiger partial charge in [-0.1, -0.05) is 0 Å². The third-order valence-corrected chi connectivity index (χ3v) is 3.30. The quantitative estimate of drug-likeness (QED) is 0.848. The van der Waals surface area contributed by atoms with E-state index in [0.29, 0.717) is 11.8 Å². The summed E-state index contributed by atoms with van der Waals surface area (Å²) in [5.41, 5.74) is 1.15. The van der Waals surface area contributed by atoms with E-state index in [-0.39, 0.29) is 6.10 Å². The molecule has 0 aromatic heterocycles. The smallest absolute Gasteiger partial charge is 0.122 e. The van der Waals surface area contributed by atoms with Crippen molar-refractivity contribution >= 4 is 0 Å². The van der Waals surface area contributed by atoms with Gasteiger partial charge in [-0.2, -0.15) is 0 Å². The minimum absolute atomic E-state index is 0.249. The molecule has 3 nitrogen and oxygen atoms in total. The van der Waals surface area contributed by atoms with Gasteiger partial charge in [-0.05, 0) is 43.4 Å². The molecule has 1 fully saturated rings. The van der Waals surface area contributed by atoms with Gasteiger partial charge in [0.2, 0.25) is 0 Å². The molecule has 0 amide bonds. The van der Waals surface area contributed by atoms with E-state index >= 15 is 0 Å². The van der Waals surface area contributed by atoms with Crippen molar-refractivity contribution in [3.8, 4) is 11.5 Å². The molecule has 0 aliphatic heterocycles. The summed E-state index contributed by atoms with van der Waals surface area (Å²) in [5.74, 6) is 2.49. The van der Waals surface area contributed by atoms with Crippen LogP contribution in [0.4, 0.5) is 0 Å². The number of hydrogen-bond donors (Lipinski definition) is 1. The predicted molar refractivity (Wildman–Crippen MR) is 62.1 cm³/mol. The lowest BCUT2D eigenvalue weighted by Crippen LogP contribution is -2.04. The van der Waals surface area contributed by atoms with Gasteiger partial charge in [0, 0.05) is 5.56 Å². The average Bonchev–Trinajstić information content (AvgIpc) is 3.08. The third kappa shape index (κ3) is 2.00.